The Labute approximate surface area is 123 Å². The second kappa shape index (κ2) is 12.2. The van der Waals surface area contributed by atoms with Gasteiger partial charge in [0.15, 0.2) is 5.79 Å². The molecule has 0 atom stereocenters. The van der Waals surface area contributed by atoms with Crippen molar-refractivity contribution in [2.45, 2.75) is 96.2 Å². The zero-order valence-electron chi connectivity index (χ0n) is 12.9. The molecule has 0 aromatic carbocycles. The first-order valence-electron chi connectivity index (χ1n) is 8.14. The standard InChI is InChI=1S/C16H32O4/c1-2-3-4-7-10-13-16(19,20)14-11-8-5-6-9-12-15(17)18/h19-20H,2-14H2,1H3,(H,17,18). The molecule has 0 aliphatic rings. The summed E-state index contributed by atoms with van der Waals surface area (Å²) in [6.07, 6.45) is 11.0. The Bertz CT molecular complexity index is 239. The van der Waals surface area contributed by atoms with E-state index in [1.807, 2.05) is 0 Å². The molecule has 0 unspecified atom stereocenters. The molecule has 0 aliphatic carbocycles. The van der Waals surface area contributed by atoms with Crippen molar-refractivity contribution in [2.24, 2.45) is 0 Å². The zero-order valence-corrected chi connectivity index (χ0v) is 12.9. The molecule has 4 heteroatoms. The SMILES string of the molecule is CCCCCCCC(O)(O)CCCCCCCC(=O)O. The number of aliphatic hydroxyl groups is 2. The third-order valence-electron chi connectivity index (χ3n) is 3.65. The number of unbranched alkanes of at least 4 members (excludes halogenated alkanes) is 8. The Kier molecular flexibility index (Phi) is 11.8. The molecule has 0 aromatic rings. The summed E-state index contributed by atoms with van der Waals surface area (Å²) in [5.74, 6) is -2.24. The summed E-state index contributed by atoms with van der Waals surface area (Å²) in [5, 5.41) is 28.1. The number of aliphatic carboxylic acids is 1. The highest BCUT2D eigenvalue weighted by atomic mass is 16.5. The van der Waals surface area contributed by atoms with E-state index < -0.39 is 11.8 Å². The second-order valence-electron chi connectivity index (χ2n) is 5.81. The van der Waals surface area contributed by atoms with Gasteiger partial charge in [-0.15, -0.1) is 0 Å². The summed E-state index contributed by atoms with van der Waals surface area (Å²) >= 11 is 0. The van der Waals surface area contributed by atoms with E-state index in [1.165, 1.54) is 19.3 Å². The molecule has 0 fully saturated rings. The molecule has 20 heavy (non-hydrogen) atoms. The number of carboxylic acids is 1. The van der Waals surface area contributed by atoms with E-state index in [4.69, 9.17) is 5.11 Å². The fraction of sp³-hybridized carbons (Fsp3) is 0.938. The maximum Gasteiger partial charge on any atom is 0.303 e. The normalized spacial score (nSPS) is 11.8. The van der Waals surface area contributed by atoms with Gasteiger partial charge in [-0.1, -0.05) is 51.9 Å². The van der Waals surface area contributed by atoms with Gasteiger partial charge in [0.25, 0.3) is 0 Å². The average Bonchev–Trinajstić information content (AvgIpc) is 2.37. The van der Waals surface area contributed by atoms with E-state index in [1.54, 1.807) is 0 Å². The lowest BCUT2D eigenvalue weighted by atomic mass is 9.99. The summed E-state index contributed by atoms with van der Waals surface area (Å²) in [6.45, 7) is 2.17. The summed E-state index contributed by atoms with van der Waals surface area (Å²) in [6, 6.07) is 0. The molecule has 3 N–H and O–H groups in total. The zero-order chi connectivity index (χ0) is 15.3. The van der Waals surface area contributed by atoms with Crippen LogP contribution >= 0.6 is 0 Å². The molecule has 0 spiro atoms. The minimum Gasteiger partial charge on any atom is -0.481 e. The summed E-state index contributed by atoms with van der Waals surface area (Å²) in [5.41, 5.74) is 0. The molecule has 0 saturated heterocycles. The lowest BCUT2D eigenvalue weighted by Gasteiger charge is -2.21. The van der Waals surface area contributed by atoms with Gasteiger partial charge in [-0.25, -0.2) is 0 Å². The van der Waals surface area contributed by atoms with Crippen LogP contribution in [-0.4, -0.2) is 27.1 Å². The molecule has 0 aliphatic heterocycles. The highest BCUT2D eigenvalue weighted by Gasteiger charge is 2.21. The third-order valence-corrected chi connectivity index (χ3v) is 3.65. The first-order chi connectivity index (χ1) is 9.48. The Morgan fingerprint density at radius 2 is 1.25 bits per heavy atom. The van der Waals surface area contributed by atoms with Gasteiger partial charge in [0, 0.05) is 19.3 Å². The van der Waals surface area contributed by atoms with E-state index >= 15 is 0 Å². The predicted octanol–water partition coefficient (Wildman–Crippen LogP) is 3.84. The summed E-state index contributed by atoms with van der Waals surface area (Å²) in [4.78, 5) is 10.3. The summed E-state index contributed by atoms with van der Waals surface area (Å²) in [7, 11) is 0. The Balaban J connectivity index is 3.40. The Morgan fingerprint density at radius 1 is 0.800 bits per heavy atom. The number of carboxylic acid groups (broad SMARTS) is 1. The van der Waals surface area contributed by atoms with E-state index in [2.05, 4.69) is 6.92 Å². The van der Waals surface area contributed by atoms with Gasteiger partial charge in [-0.05, 0) is 19.3 Å². The first-order valence-corrected chi connectivity index (χ1v) is 8.14. The topological polar surface area (TPSA) is 77.8 Å². The fourth-order valence-electron chi connectivity index (χ4n) is 2.35. The van der Waals surface area contributed by atoms with Crippen LogP contribution in [0.25, 0.3) is 0 Å². The molecular weight excluding hydrogens is 256 g/mol. The molecular formula is C16H32O4. The van der Waals surface area contributed by atoms with E-state index in [0.717, 1.165) is 44.9 Å². The van der Waals surface area contributed by atoms with Crippen molar-refractivity contribution in [3.05, 3.63) is 0 Å². The van der Waals surface area contributed by atoms with Crippen molar-refractivity contribution in [3.63, 3.8) is 0 Å². The average molecular weight is 288 g/mol. The quantitative estimate of drug-likeness (QED) is 0.335. The maximum atomic E-state index is 10.3. The van der Waals surface area contributed by atoms with Crippen LogP contribution in [-0.2, 0) is 4.79 Å². The highest BCUT2D eigenvalue weighted by Crippen LogP contribution is 2.20. The van der Waals surface area contributed by atoms with Crippen molar-refractivity contribution in [2.75, 3.05) is 0 Å². The molecule has 0 rings (SSSR count). The van der Waals surface area contributed by atoms with Crippen LogP contribution in [0.3, 0.4) is 0 Å². The predicted molar refractivity (Wildman–Crippen MR) is 80.5 cm³/mol. The largest absolute Gasteiger partial charge is 0.481 e. The minimum absolute atomic E-state index is 0.238. The molecule has 0 amide bonds. The van der Waals surface area contributed by atoms with Crippen molar-refractivity contribution < 1.29 is 20.1 Å². The molecule has 0 heterocycles. The Hall–Kier alpha value is -0.610. The first kappa shape index (κ1) is 19.4. The van der Waals surface area contributed by atoms with Crippen LogP contribution in [0.4, 0.5) is 0 Å². The monoisotopic (exact) mass is 288 g/mol. The number of hydrogen-bond donors (Lipinski definition) is 3. The number of hydrogen-bond acceptors (Lipinski definition) is 3. The van der Waals surface area contributed by atoms with Crippen LogP contribution < -0.4 is 0 Å². The molecule has 120 valence electrons. The number of carbonyl (C=O) groups is 1. The van der Waals surface area contributed by atoms with Crippen LogP contribution in [0.5, 0.6) is 0 Å². The Morgan fingerprint density at radius 3 is 1.75 bits per heavy atom. The van der Waals surface area contributed by atoms with Gasteiger partial charge in [0.1, 0.15) is 0 Å². The smallest absolute Gasteiger partial charge is 0.303 e. The van der Waals surface area contributed by atoms with Crippen molar-refractivity contribution in [1.82, 2.24) is 0 Å². The highest BCUT2D eigenvalue weighted by molar-refractivity contribution is 5.66. The van der Waals surface area contributed by atoms with Gasteiger partial charge < -0.3 is 15.3 Å². The van der Waals surface area contributed by atoms with Gasteiger partial charge in [-0.3, -0.25) is 4.79 Å². The third kappa shape index (κ3) is 13.8. The van der Waals surface area contributed by atoms with Crippen LogP contribution in [0.2, 0.25) is 0 Å². The van der Waals surface area contributed by atoms with Gasteiger partial charge in [-0.2, -0.15) is 0 Å². The lowest BCUT2D eigenvalue weighted by Crippen LogP contribution is -2.27. The fourth-order valence-corrected chi connectivity index (χ4v) is 2.35. The molecule has 0 saturated carbocycles. The van der Waals surface area contributed by atoms with Gasteiger partial charge in [0.2, 0.25) is 0 Å². The van der Waals surface area contributed by atoms with Crippen LogP contribution in [0.1, 0.15) is 90.4 Å². The van der Waals surface area contributed by atoms with Gasteiger partial charge in [0.05, 0.1) is 0 Å². The maximum absolute atomic E-state index is 10.3. The lowest BCUT2D eigenvalue weighted by molar-refractivity contribution is -0.172. The van der Waals surface area contributed by atoms with Crippen LogP contribution in [0.15, 0.2) is 0 Å². The number of rotatable bonds is 14. The molecule has 0 aromatic heterocycles. The van der Waals surface area contributed by atoms with E-state index in [9.17, 15) is 15.0 Å². The van der Waals surface area contributed by atoms with Crippen LogP contribution in [0, 0.1) is 0 Å². The molecule has 4 nitrogen and oxygen atoms in total. The van der Waals surface area contributed by atoms with Gasteiger partial charge >= 0.3 is 5.97 Å². The van der Waals surface area contributed by atoms with Crippen molar-refractivity contribution in [1.29, 1.82) is 0 Å². The molecule has 0 bridgehead atoms. The molecule has 0 radical (unpaired) electrons. The van der Waals surface area contributed by atoms with Crippen molar-refractivity contribution in [3.8, 4) is 0 Å². The van der Waals surface area contributed by atoms with E-state index in [0.29, 0.717) is 12.8 Å². The summed E-state index contributed by atoms with van der Waals surface area (Å²) < 4.78 is 0. The van der Waals surface area contributed by atoms with E-state index in [-0.39, 0.29) is 6.42 Å². The second-order valence-corrected chi connectivity index (χ2v) is 5.81. The van der Waals surface area contributed by atoms with Crippen molar-refractivity contribution >= 4 is 5.97 Å². The minimum atomic E-state index is -1.51.